The number of hydrogen-bond donors (Lipinski definition) is 1. The maximum absolute atomic E-state index is 11.9. The number of furan rings is 1. The van der Waals surface area contributed by atoms with E-state index >= 15 is 0 Å². The van der Waals surface area contributed by atoms with Gasteiger partial charge < -0.3 is 14.5 Å². The number of carbonyl (C=O) groups excluding carboxylic acids is 1. The first-order valence-corrected chi connectivity index (χ1v) is 7.25. The van der Waals surface area contributed by atoms with E-state index in [1.54, 1.807) is 25.5 Å². The smallest absolute Gasteiger partial charge is 0.244 e. The maximum Gasteiger partial charge on any atom is 0.244 e. The molecule has 4 nitrogen and oxygen atoms in total. The number of ether oxygens (including phenoxy) is 1. The van der Waals surface area contributed by atoms with Crippen molar-refractivity contribution in [1.82, 2.24) is 5.32 Å². The van der Waals surface area contributed by atoms with Gasteiger partial charge in [-0.05, 0) is 43.3 Å². The predicted molar refractivity (Wildman–Crippen MR) is 85.0 cm³/mol. The van der Waals surface area contributed by atoms with E-state index in [1.165, 1.54) is 6.08 Å². The van der Waals surface area contributed by atoms with Crippen LogP contribution in [0.1, 0.15) is 24.3 Å². The predicted octanol–water partition coefficient (Wildman–Crippen LogP) is 3.94. The average molecular weight is 350 g/mol. The molecule has 0 fully saturated rings. The number of amides is 1. The van der Waals surface area contributed by atoms with Gasteiger partial charge in [-0.15, -0.1) is 0 Å². The average Bonchev–Trinajstić information content (AvgIpc) is 2.99. The molecule has 21 heavy (non-hydrogen) atoms. The Hall–Kier alpha value is -2.01. The normalized spacial score (nSPS) is 12.3. The first-order chi connectivity index (χ1) is 10.1. The number of hydrogen-bond acceptors (Lipinski definition) is 3. The third-order valence-electron chi connectivity index (χ3n) is 2.93. The van der Waals surface area contributed by atoms with Crippen LogP contribution in [0.15, 0.2) is 51.6 Å². The molecular formula is C16H16BrNO3. The molecule has 0 aliphatic heterocycles. The molecule has 0 aliphatic rings. The molecule has 0 bridgehead atoms. The van der Waals surface area contributed by atoms with Crippen molar-refractivity contribution in [3.05, 3.63) is 58.5 Å². The Morgan fingerprint density at radius 3 is 2.90 bits per heavy atom. The molecule has 2 aromatic rings. The number of benzene rings is 1. The van der Waals surface area contributed by atoms with Crippen molar-refractivity contribution in [3.8, 4) is 5.75 Å². The molecule has 110 valence electrons. The topological polar surface area (TPSA) is 51.5 Å². The van der Waals surface area contributed by atoms with E-state index in [9.17, 15) is 4.79 Å². The van der Waals surface area contributed by atoms with E-state index in [4.69, 9.17) is 9.15 Å². The summed E-state index contributed by atoms with van der Waals surface area (Å²) in [6, 6.07) is 9.05. The molecule has 1 aromatic carbocycles. The van der Waals surface area contributed by atoms with E-state index in [-0.39, 0.29) is 11.9 Å². The van der Waals surface area contributed by atoms with Gasteiger partial charge in [-0.3, -0.25) is 4.79 Å². The van der Waals surface area contributed by atoms with Crippen LogP contribution in [0.25, 0.3) is 6.08 Å². The van der Waals surface area contributed by atoms with Crippen LogP contribution in [-0.2, 0) is 4.79 Å². The molecule has 2 rings (SSSR count). The first kappa shape index (κ1) is 15.4. The van der Waals surface area contributed by atoms with Crippen molar-refractivity contribution in [2.24, 2.45) is 0 Å². The van der Waals surface area contributed by atoms with Crippen molar-refractivity contribution < 1.29 is 13.9 Å². The maximum atomic E-state index is 11.9. The second kappa shape index (κ2) is 7.13. The lowest BCUT2D eigenvalue weighted by atomic mass is 10.2. The molecule has 1 atom stereocenters. The Bertz CT molecular complexity index is 635. The first-order valence-electron chi connectivity index (χ1n) is 6.45. The molecule has 1 heterocycles. The summed E-state index contributed by atoms with van der Waals surface area (Å²) >= 11 is 3.40. The van der Waals surface area contributed by atoms with E-state index in [2.05, 4.69) is 21.2 Å². The summed E-state index contributed by atoms with van der Waals surface area (Å²) in [6.45, 7) is 1.87. The number of halogens is 1. The number of carbonyl (C=O) groups is 1. The van der Waals surface area contributed by atoms with E-state index in [1.807, 2.05) is 31.2 Å². The molecule has 0 saturated heterocycles. The highest BCUT2D eigenvalue weighted by atomic mass is 79.9. The SMILES string of the molecule is COc1ccc(Br)cc1/C=C/C(=O)N[C@@H](C)c1ccco1. The number of rotatable bonds is 5. The summed E-state index contributed by atoms with van der Waals surface area (Å²) in [7, 11) is 1.60. The summed E-state index contributed by atoms with van der Waals surface area (Å²) in [5.41, 5.74) is 0.827. The summed E-state index contributed by atoms with van der Waals surface area (Å²) in [6.07, 6.45) is 4.78. The standard InChI is InChI=1S/C16H16BrNO3/c1-11(14-4-3-9-21-14)18-16(19)8-5-12-10-13(17)6-7-15(12)20-2/h3-11H,1-2H3,(H,18,19)/b8-5+/t11-/m0/s1. The monoisotopic (exact) mass is 349 g/mol. The fourth-order valence-electron chi connectivity index (χ4n) is 1.87. The minimum Gasteiger partial charge on any atom is -0.496 e. The zero-order valence-corrected chi connectivity index (χ0v) is 13.4. The summed E-state index contributed by atoms with van der Waals surface area (Å²) in [4.78, 5) is 11.9. The molecule has 5 heteroatoms. The van der Waals surface area contributed by atoms with E-state index in [0.29, 0.717) is 5.75 Å². The van der Waals surface area contributed by atoms with Crippen molar-refractivity contribution >= 4 is 27.9 Å². The molecule has 1 amide bonds. The third kappa shape index (κ3) is 4.23. The lowest BCUT2D eigenvalue weighted by Gasteiger charge is -2.09. The lowest BCUT2D eigenvalue weighted by molar-refractivity contribution is -0.117. The highest BCUT2D eigenvalue weighted by molar-refractivity contribution is 9.10. The van der Waals surface area contributed by atoms with Gasteiger partial charge in [0.2, 0.25) is 5.91 Å². The Balaban J connectivity index is 2.04. The van der Waals surface area contributed by atoms with Gasteiger partial charge in [0.1, 0.15) is 11.5 Å². The Labute approximate surface area is 131 Å². The van der Waals surface area contributed by atoms with Gasteiger partial charge in [-0.25, -0.2) is 0 Å². The fourth-order valence-corrected chi connectivity index (χ4v) is 2.25. The molecule has 0 spiro atoms. The fraction of sp³-hybridized carbons (Fsp3) is 0.188. The number of nitrogens with one attached hydrogen (secondary N) is 1. The summed E-state index contributed by atoms with van der Waals surface area (Å²) < 4.78 is 11.4. The minimum absolute atomic E-state index is 0.179. The minimum atomic E-state index is -0.194. The third-order valence-corrected chi connectivity index (χ3v) is 3.43. The molecule has 0 saturated carbocycles. The van der Waals surface area contributed by atoms with Gasteiger partial charge in [-0.1, -0.05) is 15.9 Å². The van der Waals surface area contributed by atoms with E-state index in [0.717, 1.165) is 15.8 Å². The van der Waals surface area contributed by atoms with Gasteiger partial charge in [0, 0.05) is 16.1 Å². The van der Waals surface area contributed by atoms with Crippen LogP contribution >= 0.6 is 15.9 Å². The van der Waals surface area contributed by atoms with Gasteiger partial charge in [0.25, 0.3) is 0 Å². The quantitative estimate of drug-likeness (QED) is 0.831. The zero-order chi connectivity index (χ0) is 15.2. The van der Waals surface area contributed by atoms with Gasteiger partial charge in [0.15, 0.2) is 0 Å². The van der Waals surface area contributed by atoms with Crippen LogP contribution in [0.5, 0.6) is 5.75 Å². The van der Waals surface area contributed by atoms with E-state index < -0.39 is 0 Å². The molecular weight excluding hydrogens is 334 g/mol. The summed E-state index contributed by atoms with van der Waals surface area (Å²) in [5, 5.41) is 2.83. The van der Waals surface area contributed by atoms with Crippen molar-refractivity contribution in [2.75, 3.05) is 7.11 Å². The highest BCUT2D eigenvalue weighted by Gasteiger charge is 2.09. The van der Waals surface area contributed by atoms with Crippen molar-refractivity contribution in [2.45, 2.75) is 13.0 Å². The zero-order valence-electron chi connectivity index (χ0n) is 11.8. The summed E-state index contributed by atoms with van der Waals surface area (Å²) in [5.74, 6) is 1.24. The van der Waals surface area contributed by atoms with Crippen molar-refractivity contribution in [1.29, 1.82) is 0 Å². The largest absolute Gasteiger partial charge is 0.496 e. The lowest BCUT2D eigenvalue weighted by Crippen LogP contribution is -2.24. The molecule has 1 N–H and O–H groups in total. The molecule has 0 aliphatic carbocycles. The Morgan fingerprint density at radius 2 is 2.24 bits per heavy atom. The van der Waals surface area contributed by atoms with Crippen molar-refractivity contribution in [3.63, 3.8) is 0 Å². The highest BCUT2D eigenvalue weighted by Crippen LogP contribution is 2.24. The Kier molecular flexibility index (Phi) is 5.22. The second-order valence-electron chi connectivity index (χ2n) is 4.47. The van der Waals surface area contributed by atoms with Crippen LogP contribution < -0.4 is 10.1 Å². The van der Waals surface area contributed by atoms with Crippen LogP contribution in [-0.4, -0.2) is 13.0 Å². The number of methoxy groups -OCH3 is 1. The molecule has 1 aromatic heterocycles. The second-order valence-corrected chi connectivity index (χ2v) is 5.38. The molecule has 0 unspecified atom stereocenters. The Morgan fingerprint density at radius 1 is 1.43 bits per heavy atom. The van der Waals surface area contributed by atoms with Crippen LogP contribution in [0, 0.1) is 0 Å². The van der Waals surface area contributed by atoms with Gasteiger partial charge in [-0.2, -0.15) is 0 Å². The van der Waals surface area contributed by atoms with Crippen LogP contribution in [0.3, 0.4) is 0 Å². The molecule has 0 radical (unpaired) electrons. The van der Waals surface area contributed by atoms with Crippen LogP contribution in [0.4, 0.5) is 0 Å². The van der Waals surface area contributed by atoms with Gasteiger partial charge >= 0.3 is 0 Å². The van der Waals surface area contributed by atoms with Crippen LogP contribution in [0.2, 0.25) is 0 Å². The van der Waals surface area contributed by atoms with Gasteiger partial charge in [0.05, 0.1) is 19.4 Å².